The first kappa shape index (κ1) is 11.1. The molecule has 0 radical (unpaired) electrons. The van der Waals surface area contributed by atoms with Crippen molar-refractivity contribution in [1.82, 2.24) is 4.98 Å². The topological polar surface area (TPSA) is 22.1 Å². The minimum atomic E-state index is -0.489. The van der Waals surface area contributed by atoms with E-state index >= 15 is 0 Å². The van der Waals surface area contributed by atoms with E-state index in [0.29, 0.717) is 12.4 Å². The summed E-state index contributed by atoms with van der Waals surface area (Å²) >= 11 is 1.74. The van der Waals surface area contributed by atoms with Crippen molar-refractivity contribution in [1.29, 1.82) is 0 Å². The van der Waals surface area contributed by atoms with Crippen LogP contribution >= 0.6 is 11.3 Å². The third-order valence-electron chi connectivity index (χ3n) is 2.15. The Bertz CT molecular complexity index is 452. The highest BCUT2D eigenvalue weighted by Crippen LogP contribution is 2.19. The number of rotatable bonds is 4. The van der Waals surface area contributed by atoms with Gasteiger partial charge in [0.05, 0.1) is 6.20 Å². The van der Waals surface area contributed by atoms with Gasteiger partial charge in [-0.3, -0.25) is 0 Å². The molecule has 2 heterocycles. The van der Waals surface area contributed by atoms with Gasteiger partial charge in [0, 0.05) is 9.75 Å². The zero-order valence-corrected chi connectivity index (χ0v) is 9.76. The van der Waals surface area contributed by atoms with Crippen LogP contribution < -0.4 is 4.74 Å². The van der Waals surface area contributed by atoms with E-state index in [4.69, 9.17) is 4.74 Å². The van der Waals surface area contributed by atoms with Crippen LogP contribution in [0.25, 0.3) is 0 Å². The smallest absolute Gasteiger partial charge is 0.213 e. The van der Waals surface area contributed by atoms with Crippen LogP contribution in [0.4, 0.5) is 4.39 Å². The minimum Gasteiger partial charge on any atom is -0.486 e. The third kappa shape index (κ3) is 2.79. The Balaban J connectivity index is 1.94. The van der Waals surface area contributed by atoms with Gasteiger partial charge in [0.25, 0.3) is 0 Å². The maximum atomic E-state index is 12.5. The molecule has 0 atom stereocenters. The maximum Gasteiger partial charge on any atom is 0.213 e. The zero-order chi connectivity index (χ0) is 11.4. The average Bonchev–Trinajstić information content (AvgIpc) is 2.76. The normalized spacial score (nSPS) is 10.4. The maximum absolute atomic E-state index is 12.5. The number of aryl methyl sites for hydroxylation is 1. The van der Waals surface area contributed by atoms with Crippen LogP contribution in [-0.4, -0.2) is 4.98 Å². The molecule has 0 aromatic carbocycles. The highest BCUT2D eigenvalue weighted by atomic mass is 32.1. The Labute approximate surface area is 97.7 Å². The lowest BCUT2D eigenvalue weighted by atomic mass is 10.4. The molecule has 2 nitrogen and oxygen atoms in total. The summed E-state index contributed by atoms with van der Waals surface area (Å²) in [5, 5.41) is 0. The van der Waals surface area contributed by atoms with Gasteiger partial charge in [0.15, 0.2) is 0 Å². The van der Waals surface area contributed by atoms with Gasteiger partial charge < -0.3 is 4.74 Å². The summed E-state index contributed by atoms with van der Waals surface area (Å²) in [6, 6.07) is 7.03. The predicted octanol–water partition coefficient (Wildman–Crippen LogP) is 3.42. The van der Waals surface area contributed by atoms with E-state index in [1.807, 2.05) is 0 Å². The van der Waals surface area contributed by atoms with Crippen LogP contribution in [0.5, 0.6) is 5.75 Å². The first-order valence-electron chi connectivity index (χ1n) is 5.10. The fraction of sp³-hybridized carbons (Fsp3) is 0.250. The largest absolute Gasteiger partial charge is 0.486 e. The molecular formula is C12H12FNOS. The van der Waals surface area contributed by atoms with Gasteiger partial charge in [-0.25, -0.2) is 4.98 Å². The summed E-state index contributed by atoms with van der Waals surface area (Å²) in [6.07, 6.45) is 2.44. The highest BCUT2D eigenvalue weighted by Gasteiger charge is 2.00. The lowest BCUT2D eigenvalue weighted by Gasteiger charge is -2.03. The molecule has 0 saturated heterocycles. The van der Waals surface area contributed by atoms with Gasteiger partial charge in [-0.15, -0.1) is 11.3 Å². The molecule has 0 spiro atoms. The molecule has 84 valence electrons. The second-order valence-corrected chi connectivity index (χ2v) is 4.58. The number of nitrogens with zero attached hydrogens (tertiary/aromatic N) is 1. The molecule has 0 bridgehead atoms. The van der Waals surface area contributed by atoms with E-state index in [9.17, 15) is 4.39 Å². The van der Waals surface area contributed by atoms with Crippen molar-refractivity contribution in [3.63, 3.8) is 0 Å². The lowest BCUT2D eigenvalue weighted by Crippen LogP contribution is -1.93. The molecule has 0 aliphatic heterocycles. The first-order valence-corrected chi connectivity index (χ1v) is 5.91. The van der Waals surface area contributed by atoms with Crippen LogP contribution in [0.2, 0.25) is 0 Å². The zero-order valence-electron chi connectivity index (χ0n) is 8.94. The van der Waals surface area contributed by atoms with Gasteiger partial charge in [-0.05, 0) is 30.7 Å². The summed E-state index contributed by atoms with van der Waals surface area (Å²) < 4.78 is 18.0. The van der Waals surface area contributed by atoms with Gasteiger partial charge in [0.1, 0.15) is 12.4 Å². The van der Waals surface area contributed by atoms with Crippen molar-refractivity contribution < 1.29 is 9.13 Å². The molecule has 0 aliphatic carbocycles. The number of hydrogen-bond donors (Lipinski definition) is 0. The van der Waals surface area contributed by atoms with E-state index < -0.39 is 5.95 Å². The second kappa shape index (κ2) is 5.07. The molecule has 2 aromatic rings. The van der Waals surface area contributed by atoms with E-state index in [1.165, 1.54) is 22.0 Å². The first-order chi connectivity index (χ1) is 7.78. The lowest BCUT2D eigenvalue weighted by molar-refractivity contribution is 0.307. The molecule has 0 N–H and O–H groups in total. The molecule has 2 aromatic heterocycles. The third-order valence-corrected chi connectivity index (χ3v) is 3.35. The van der Waals surface area contributed by atoms with E-state index in [1.54, 1.807) is 17.4 Å². The summed E-state index contributed by atoms with van der Waals surface area (Å²) in [5.74, 6) is 0.101. The molecule has 0 unspecified atom stereocenters. The summed E-state index contributed by atoms with van der Waals surface area (Å²) in [4.78, 5) is 6.04. The monoisotopic (exact) mass is 237 g/mol. The Morgan fingerprint density at radius 3 is 2.69 bits per heavy atom. The van der Waals surface area contributed by atoms with Gasteiger partial charge >= 0.3 is 0 Å². The highest BCUT2D eigenvalue weighted by molar-refractivity contribution is 7.11. The molecular weight excluding hydrogens is 225 g/mol. The van der Waals surface area contributed by atoms with Crippen molar-refractivity contribution in [3.8, 4) is 5.75 Å². The number of thiophene rings is 1. The summed E-state index contributed by atoms with van der Waals surface area (Å²) in [6.45, 7) is 2.64. The fourth-order valence-electron chi connectivity index (χ4n) is 1.29. The fourth-order valence-corrected chi connectivity index (χ4v) is 2.16. The summed E-state index contributed by atoms with van der Waals surface area (Å²) in [5.41, 5.74) is 0. The Hall–Kier alpha value is -1.42. The van der Waals surface area contributed by atoms with Crippen molar-refractivity contribution in [2.75, 3.05) is 0 Å². The van der Waals surface area contributed by atoms with Crippen LogP contribution in [-0.2, 0) is 13.0 Å². The number of ether oxygens (including phenoxy) is 1. The van der Waals surface area contributed by atoms with Gasteiger partial charge in [0.2, 0.25) is 5.95 Å². The van der Waals surface area contributed by atoms with Crippen LogP contribution in [0.1, 0.15) is 16.7 Å². The predicted molar refractivity (Wildman–Crippen MR) is 62.2 cm³/mol. The van der Waals surface area contributed by atoms with E-state index in [-0.39, 0.29) is 0 Å². The quantitative estimate of drug-likeness (QED) is 0.760. The van der Waals surface area contributed by atoms with Crippen LogP contribution in [0.3, 0.4) is 0 Å². The van der Waals surface area contributed by atoms with Crippen molar-refractivity contribution in [3.05, 3.63) is 46.2 Å². The second-order valence-electron chi connectivity index (χ2n) is 3.33. The van der Waals surface area contributed by atoms with E-state index in [2.05, 4.69) is 24.0 Å². The SMILES string of the molecule is CCc1ccc(COc2ccc(F)nc2)s1. The van der Waals surface area contributed by atoms with Crippen molar-refractivity contribution in [2.45, 2.75) is 20.0 Å². The van der Waals surface area contributed by atoms with Crippen LogP contribution in [0, 0.1) is 5.95 Å². The minimum absolute atomic E-state index is 0.489. The van der Waals surface area contributed by atoms with E-state index in [0.717, 1.165) is 6.42 Å². The summed E-state index contributed by atoms with van der Waals surface area (Å²) in [7, 11) is 0. The molecule has 0 saturated carbocycles. The number of halogens is 1. The van der Waals surface area contributed by atoms with Gasteiger partial charge in [-0.2, -0.15) is 4.39 Å². The number of pyridine rings is 1. The standard InChI is InChI=1S/C12H12FNOS/c1-2-10-4-5-11(16-10)8-15-9-3-6-12(13)14-7-9/h3-7H,2,8H2,1H3. The Morgan fingerprint density at radius 1 is 1.25 bits per heavy atom. The number of aromatic nitrogens is 1. The Morgan fingerprint density at radius 2 is 2.06 bits per heavy atom. The number of hydrogen-bond acceptors (Lipinski definition) is 3. The molecule has 0 amide bonds. The van der Waals surface area contributed by atoms with Crippen LogP contribution in [0.15, 0.2) is 30.5 Å². The molecule has 2 rings (SSSR count). The van der Waals surface area contributed by atoms with Crippen molar-refractivity contribution in [2.24, 2.45) is 0 Å². The molecule has 0 fully saturated rings. The molecule has 16 heavy (non-hydrogen) atoms. The Kier molecular flexibility index (Phi) is 3.51. The molecule has 4 heteroatoms. The van der Waals surface area contributed by atoms with Gasteiger partial charge in [-0.1, -0.05) is 6.92 Å². The average molecular weight is 237 g/mol. The van der Waals surface area contributed by atoms with Crippen molar-refractivity contribution >= 4 is 11.3 Å². The molecule has 0 aliphatic rings.